The third-order valence-electron chi connectivity index (χ3n) is 1.54. The average Bonchev–Trinajstić information content (AvgIpc) is 2.41. The molecule has 0 aromatic carbocycles. The molecule has 0 aliphatic rings. The number of pyridine rings is 2. The van der Waals surface area contributed by atoms with Gasteiger partial charge in [-0.1, -0.05) is 23.5 Å². The number of rotatable bonds is 2. The third kappa shape index (κ3) is 10.5. The molecule has 19 heavy (non-hydrogen) atoms. The Hall–Kier alpha value is -1.09. The summed E-state index contributed by atoms with van der Waals surface area (Å²) in [5.74, 6) is 0. The standard InChI is InChI=1S/2C6H4NO.2ClH.Pt/c2*8-5-6-3-1-2-4-7-6;;;/h2*1-4H;2*1H;/q2*-1;;;+2. The number of nitrogens with zero attached hydrogens (tertiary/aromatic N) is 2. The van der Waals surface area contributed by atoms with Crippen molar-refractivity contribution in [3.63, 3.8) is 0 Å². The molecule has 104 valence electrons. The zero-order chi connectivity index (χ0) is 11.6. The normalized spacial score (nSPS) is 7.16. The summed E-state index contributed by atoms with van der Waals surface area (Å²) in [4.78, 5) is 27.0. The number of halogens is 2. The van der Waals surface area contributed by atoms with E-state index in [1.165, 1.54) is 0 Å². The second-order valence-electron chi connectivity index (χ2n) is 2.63. The molecule has 2 heterocycles. The molecule has 0 aliphatic carbocycles. The van der Waals surface area contributed by atoms with Crippen LogP contribution in [0.3, 0.4) is 0 Å². The summed E-state index contributed by atoms with van der Waals surface area (Å²) in [6.45, 7) is 0. The van der Waals surface area contributed by atoms with Crippen LogP contribution in [0.4, 0.5) is 0 Å². The molecular weight excluding hydrogens is 470 g/mol. The molecule has 0 N–H and O–H groups in total. The number of carbonyl (C=O) groups excluding carboxylic acids is 2. The van der Waals surface area contributed by atoms with Crippen LogP contribution in [0.15, 0.2) is 48.8 Å². The Labute approximate surface area is 138 Å². The summed E-state index contributed by atoms with van der Waals surface area (Å²) < 4.78 is 0. The largest absolute Gasteiger partial charge is 2.00 e. The molecule has 0 bridgehead atoms. The van der Waals surface area contributed by atoms with Gasteiger partial charge in [0.05, 0.1) is 0 Å². The molecule has 0 aliphatic heterocycles. The van der Waals surface area contributed by atoms with Crippen molar-refractivity contribution in [2.24, 2.45) is 0 Å². The van der Waals surface area contributed by atoms with Gasteiger partial charge in [0.1, 0.15) is 0 Å². The predicted molar refractivity (Wildman–Crippen MR) is 72.6 cm³/mol. The molecule has 2 aromatic rings. The smallest absolute Gasteiger partial charge is 0.417 e. The van der Waals surface area contributed by atoms with E-state index in [0.717, 1.165) is 0 Å². The summed E-state index contributed by atoms with van der Waals surface area (Å²) in [5, 5.41) is 0. The van der Waals surface area contributed by atoms with Crippen LogP contribution < -0.4 is 0 Å². The molecule has 0 unspecified atom stereocenters. The minimum Gasteiger partial charge on any atom is -0.417 e. The molecule has 2 aromatic heterocycles. The van der Waals surface area contributed by atoms with Crippen molar-refractivity contribution in [3.8, 4) is 0 Å². The van der Waals surface area contributed by atoms with E-state index in [-0.39, 0.29) is 45.9 Å². The maximum atomic E-state index is 9.82. The Kier molecular flexibility index (Phi) is 18.1. The van der Waals surface area contributed by atoms with Crippen molar-refractivity contribution >= 4 is 37.4 Å². The van der Waals surface area contributed by atoms with Crippen molar-refractivity contribution < 1.29 is 30.7 Å². The van der Waals surface area contributed by atoms with Crippen LogP contribution in [0.1, 0.15) is 11.4 Å². The summed E-state index contributed by atoms with van der Waals surface area (Å²) in [6.07, 6.45) is 6.44. The van der Waals surface area contributed by atoms with Crippen LogP contribution in [-0.4, -0.2) is 22.5 Å². The maximum Gasteiger partial charge on any atom is 2.00 e. The SMILES string of the molecule is Cl.Cl.O=[C-]c1ccccn1.O=[C-]c1ccccn1.[Pt+2]. The summed E-state index contributed by atoms with van der Waals surface area (Å²) in [5.41, 5.74) is 0.708. The molecule has 0 radical (unpaired) electrons. The summed E-state index contributed by atoms with van der Waals surface area (Å²) in [6, 6.07) is 10.2. The van der Waals surface area contributed by atoms with Gasteiger partial charge in [0.2, 0.25) is 0 Å². The van der Waals surface area contributed by atoms with E-state index in [0.29, 0.717) is 11.4 Å². The number of hydrogen-bond acceptors (Lipinski definition) is 4. The Morgan fingerprint density at radius 2 is 1.11 bits per heavy atom. The zero-order valence-corrected chi connectivity index (χ0v) is 13.4. The molecule has 0 atom stereocenters. The monoisotopic (exact) mass is 479 g/mol. The zero-order valence-electron chi connectivity index (χ0n) is 9.46. The van der Waals surface area contributed by atoms with Gasteiger partial charge in [-0.2, -0.15) is 12.1 Å². The minimum atomic E-state index is 0. The van der Waals surface area contributed by atoms with E-state index < -0.39 is 0 Å². The molecule has 4 nitrogen and oxygen atoms in total. The minimum absolute atomic E-state index is 0. The van der Waals surface area contributed by atoms with Crippen LogP contribution >= 0.6 is 24.8 Å². The molecular formula is C12H10Cl2N2O2Pt. The fourth-order valence-corrected chi connectivity index (χ4v) is 0.846. The van der Waals surface area contributed by atoms with Gasteiger partial charge in [-0.3, -0.25) is 9.97 Å². The Morgan fingerprint density at radius 1 is 0.737 bits per heavy atom. The van der Waals surface area contributed by atoms with Gasteiger partial charge in [-0.15, -0.1) is 36.9 Å². The van der Waals surface area contributed by atoms with Gasteiger partial charge in [0.15, 0.2) is 0 Å². The second-order valence-corrected chi connectivity index (χ2v) is 2.63. The van der Waals surface area contributed by atoms with E-state index in [9.17, 15) is 9.59 Å². The molecule has 0 saturated carbocycles. The van der Waals surface area contributed by atoms with Crippen molar-refractivity contribution in [3.05, 3.63) is 60.2 Å². The van der Waals surface area contributed by atoms with Crippen LogP contribution in [-0.2, 0) is 30.7 Å². The molecule has 0 amide bonds. The van der Waals surface area contributed by atoms with Crippen LogP contribution in [0.25, 0.3) is 0 Å². The topological polar surface area (TPSA) is 59.9 Å². The van der Waals surface area contributed by atoms with E-state index in [2.05, 4.69) is 9.97 Å². The van der Waals surface area contributed by atoms with Gasteiger partial charge in [0, 0.05) is 25.0 Å². The molecule has 0 fully saturated rings. The summed E-state index contributed by atoms with van der Waals surface area (Å²) in [7, 11) is 0. The first-order valence-electron chi connectivity index (χ1n) is 4.45. The van der Waals surface area contributed by atoms with Crippen LogP contribution in [0.5, 0.6) is 0 Å². The van der Waals surface area contributed by atoms with Crippen LogP contribution in [0.2, 0.25) is 0 Å². The third-order valence-corrected chi connectivity index (χ3v) is 1.54. The maximum absolute atomic E-state index is 9.82. The van der Waals surface area contributed by atoms with Gasteiger partial charge < -0.3 is 9.59 Å². The van der Waals surface area contributed by atoms with Gasteiger partial charge in [-0.05, 0) is 0 Å². The second kappa shape index (κ2) is 15.0. The van der Waals surface area contributed by atoms with Crippen molar-refractivity contribution in [1.82, 2.24) is 9.97 Å². The van der Waals surface area contributed by atoms with E-state index in [4.69, 9.17) is 0 Å². The van der Waals surface area contributed by atoms with Gasteiger partial charge in [-0.25, -0.2) is 0 Å². The first-order chi connectivity index (χ1) is 7.86. The van der Waals surface area contributed by atoms with E-state index in [1.807, 2.05) is 0 Å². The Morgan fingerprint density at radius 3 is 1.26 bits per heavy atom. The van der Waals surface area contributed by atoms with Crippen molar-refractivity contribution in [2.45, 2.75) is 0 Å². The molecule has 2 rings (SSSR count). The van der Waals surface area contributed by atoms with Crippen molar-refractivity contribution in [1.29, 1.82) is 0 Å². The van der Waals surface area contributed by atoms with Gasteiger partial charge in [0.25, 0.3) is 0 Å². The first-order valence-corrected chi connectivity index (χ1v) is 4.45. The average molecular weight is 480 g/mol. The number of aromatic nitrogens is 2. The molecule has 0 spiro atoms. The Balaban J connectivity index is -0.000000233. The summed E-state index contributed by atoms with van der Waals surface area (Å²) >= 11 is 0. The van der Waals surface area contributed by atoms with Gasteiger partial charge >= 0.3 is 21.1 Å². The fraction of sp³-hybridized carbons (Fsp3) is 0. The van der Waals surface area contributed by atoms with Crippen molar-refractivity contribution in [2.75, 3.05) is 0 Å². The molecule has 0 saturated heterocycles. The Bertz CT molecular complexity index is 400. The fourth-order valence-electron chi connectivity index (χ4n) is 0.846. The van der Waals surface area contributed by atoms with Crippen LogP contribution in [0, 0.1) is 0 Å². The number of hydrogen-bond donors (Lipinski definition) is 0. The first kappa shape index (κ1) is 23.0. The predicted octanol–water partition coefficient (Wildman–Crippen LogP) is 1.92. The quantitative estimate of drug-likeness (QED) is 0.617. The van der Waals surface area contributed by atoms with E-state index >= 15 is 0 Å². The molecule has 7 heteroatoms. The van der Waals surface area contributed by atoms with E-state index in [1.54, 1.807) is 61.4 Å².